The van der Waals surface area contributed by atoms with Gasteiger partial charge in [0.25, 0.3) is 0 Å². The Morgan fingerprint density at radius 2 is 1.97 bits per heavy atom. The Morgan fingerprint density at radius 1 is 1.29 bits per heavy atom. The van der Waals surface area contributed by atoms with E-state index in [9.17, 15) is 18.0 Å². The summed E-state index contributed by atoms with van der Waals surface area (Å²) in [6.07, 6.45) is -2.13. The van der Waals surface area contributed by atoms with Crippen molar-refractivity contribution in [1.82, 2.24) is 20.9 Å². The molecule has 0 spiro atoms. The van der Waals surface area contributed by atoms with Gasteiger partial charge >= 0.3 is 6.18 Å². The molecule has 0 bridgehead atoms. The molecule has 6 nitrogen and oxygen atoms in total. The zero-order chi connectivity index (χ0) is 22.1. The van der Waals surface area contributed by atoms with Crippen molar-refractivity contribution in [3.63, 3.8) is 0 Å². The first kappa shape index (κ1) is 27.5. The minimum Gasteiger partial charge on any atom is -0.356 e. The molecule has 0 aliphatic carbocycles. The Labute approximate surface area is 199 Å². The molecule has 31 heavy (non-hydrogen) atoms. The number of aliphatic imine (C=N–C) groups is 1. The van der Waals surface area contributed by atoms with Gasteiger partial charge in [0.15, 0.2) is 5.96 Å². The van der Waals surface area contributed by atoms with Crippen LogP contribution in [0.3, 0.4) is 0 Å². The second-order valence-corrected chi connectivity index (χ2v) is 7.69. The number of hydrogen-bond acceptors (Lipinski definition) is 3. The molecule has 0 radical (unpaired) electrons. The molecule has 1 amide bonds. The van der Waals surface area contributed by atoms with Crippen molar-refractivity contribution < 1.29 is 18.0 Å². The number of likely N-dealkylation sites (tertiary alicyclic amines) is 1. The van der Waals surface area contributed by atoms with Gasteiger partial charge in [0.2, 0.25) is 5.91 Å². The Bertz CT molecular complexity index is 712. The van der Waals surface area contributed by atoms with Crippen LogP contribution < -0.4 is 16.0 Å². The molecule has 3 N–H and O–H groups in total. The van der Waals surface area contributed by atoms with Gasteiger partial charge in [-0.25, -0.2) is 0 Å². The first-order valence-electron chi connectivity index (χ1n) is 10.4. The van der Waals surface area contributed by atoms with Gasteiger partial charge in [0.1, 0.15) is 0 Å². The van der Waals surface area contributed by atoms with Gasteiger partial charge in [-0.2, -0.15) is 13.2 Å². The summed E-state index contributed by atoms with van der Waals surface area (Å²) in [7, 11) is 1.68. The number of carbonyl (C=O) groups is 1. The van der Waals surface area contributed by atoms with E-state index in [4.69, 9.17) is 0 Å². The summed E-state index contributed by atoms with van der Waals surface area (Å²) in [4.78, 5) is 18.2. The highest BCUT2D eigenvalue weighted by Crippen LogP contribution is 2.29. The maximum Gasteiger partial charge on any atom is 0.416 e. The third-order valence-electron chi connectivity index (χ3n) is 5.19. The number of carbonyl (C=O) groups excluding carboxylic acids is 1. The van der Waals surface area contributed by atoms with Crippen LogP contribution in [0.4, 0.5) is 13.2 Å². The Hall–Kier alpha value is -1.56. The molecule has 1 fully saturated rings. The van der Waals surface area contributed by atoms with Crippen LogP contribution in [0.5, 0.6) is 0 Å². The van der Waals surface area contributed by atoms with E-state index in [0.29, 0.717) is 25.5 Å². The van der Waals surface area contributed by atoms with Gasteiger partial charge in [-0.3, -0.25) is 14.7 Å². The quantitative estimate of drug-likeness (QED) is 0.262. The number of nitrogens with one attached hydrogen (secondary N) is 3. The third kappa shape index (κ3) is 9.63. The molecule has 176 valence electrons. The predicted octanol–water partition coefficient (Wildman–Crippen LogP) is 3.37. The largest absolute Gasteiger partial charge is 0.416 e. The van der Waals surface area contributed by atoms with E-state index in [1.165, 1.54) is 12.1 Å². The monoisotopic (exact) mass is 555 g/mol. The van der Waals surface area contributed by atoms with Crippen molar-refractivity contribution in [2.24, 2.45) is 4.99 Å². The lowest BCUT2D eigenvalue weighted by Crippen LogP contribution is -2.45. The normalized spacial score (nSPS) is 18.3. The van der Waals surface area contributed by atoms with Crippen LogP contribution in [-0.4, -0.2) is 55.5 Å². The number of amides is 1. The molecule has 0 saturated carbocycles. The fourth-order valence-corrected chi connectivity index (χ4v) is 3.28. The Balaban J connectivity index is 0.00000480. The van der Waals surface area contributed by atoms with E-state index in [1.807, 2.05) is 13.8 Å². The number of halogens is 4. The minimum absolute atomic E-state index is 0. The van der Waals surface area contributed by atoms with Crippen LogP contribution in [0.2, 0.25) is 0 Å². The van der Waals surface area contributed by atoms with Crippen molar-refractivity contribution in [1.29, 1.82) is 0 Å². The average molecular weight is 555 g/mol. The Kier molecular flexibility index (Phi) is 11.6. The predicted molar refractivity (Wildman–Crippen MR) is 128 cm³/mol. The number of alkyl halides is 3. The van der Waals surface area contributed by atoms with Crippen molar-refractivity contribution in [2.45, 2.75) is 57.9 Å². The van der Waals surface area contributed by atoms with Gasteiger partial charge in [0, 0.05) is 51.7 Å². The fourth-order valence-electron chi connectivity index (χ4n) is 3.28. The van der Waals surface area contributed by atoms with Crippen LogP contribution in [0.1, 0.15) is 44.2 Å². The molecular formula is C21H33F3IN5O. The molecule has 0 aromatic heterocycles. The summed E-state index contributed by atoms with van der Waals surface area (Å²) >= 11 is 0. The molecule has 1 aromatic rings. The van der Waals surface area contributed by atoms with Crippen LogP contribution in [-0.2, 0) is 17.5 Å². The van der Waals surface area contributed by atoms with Crippen molar-refractivity contribution in [3.05, 3.63) is 35.4 Å². The van der Waals surface area contributed by atoms with Gasteiger partial charge < -0.3 is 16.0 Å². The van der Waals surface area contributed by atoms with E-state index in [0.717, 1.165) is 43.6 Å². The first-order chi connectivity index (χ1) is 14.2. The molecule has 2 atom stereocenters. The molecule has 1 heterocycles. The van der Waals surface area contributed by atoms with Crippen molar-refractivity contribution in [2.75, 3.05) is 26.7 Å². The molecule has 2 rings (SSSR count). The van der Waals surface area contributed by atoms with Crippen molar-refractivity contribution in [3.8, 4) is 0 Å². The summed E-state index contributed by atoms with van der Waals surface area (Å²) in [5, 5.41) is 9.44. The van der Waals surface area contributed by atoms with E-state index in [1.54, 1.807) is 7.05 Å². The highest BCUT2D eigenvalue weighted by molar-refractivity contribution is 14.0. The smallest absolute Gasteiger partial charge is 0.356 e. The number of guanidine groups is 1. The van der Waals surface area contributed by atoms with Crippen molar-refractivity contribution >= 4 is 35.8 Å². The van der Waals surface area contributed by atoms with Gasteiger partial charge in [0.05, 0.1) is 5.56 Å². The van der Waals surface area contributed by atoms with Crippen LogP contribution in [0.15, 0.2) is 29.3 Å². The highest BCUT2D eigenvalue weighted by atomic mass is 127. The van der Waals surface area contributed by atoms with E-state index in [2.05, 4.69) is 25.8 Å². The fraction of sp³-hybridized carbons (Fsp3) is 0.619. The second kappa shape index (κ2) is 13.1. The van der Waals surface area contributed by atoms with Gasteiger partial charge in [-0.1, -0.05) is 19.1 Å². The molecule has 1 aromatic carbocycles. The molecule has 1 saturated heterocycles. The van der Waals surface area contributed by atoms with Gasteiger partial charge in [-0.05, 0) is 37.5 Å². The van der Waals surface area contributed by atoms with Gasteiger partial charge in [-0.15, -0.1) is 24.0 Å². The average Bonchev–Trinajstić information content (AvgIpc) is 3.13. The topological polar surface area (TPSA) is 68.8 Å². The summed E-state index contributed by atoms with van der Waals surface area (Å²) < 4.78 is 38.0. The maximum atomic E-state index is 12.7. The molecule has 1 aliphatic rings. The zero-order valence-electron chi connectivity index (χ0n) is 18.3. The summed E-state index contributed by atoms with van der Waals surface area (Å²) in [6.45, 7) is 6.73. The van der Waals surface area contributed by atoms with E-state index < -0.39 is 11.7 Å². The standard InChI is InChI=1S/C21H32F3N5O.HI/c1-4-15(2)27-19(30)9-11-26-20(25-3)28-18-10-12-29(14-18)13-16-5-7-17(8-6-16)21(22,23)24;/h5-8,15,18H,4,9-14H2,1-3H3,(H,27,30)(H2,25,26,28);1H. The molecular weight excluding hydrogens is 522 g/mol. The Morgan fingerprint density at radius 3 is 2.55 bits per heavy atom. The lowest BCUT2D eigenvalue weighted by Gasteiger charge is -2.19. The summed E-state index contributed by atoms with van der Waals surface area (Å²) in [5.74, 6) is 0.656. The van der Waals surface area contributed by atoms with E-state index in [-0.39, 0.29) is 42.0 Å². The lowest BCUT2D eigenvalue weighted by molar-refractivity contribution is -0.137. The van der Waals surface area contributed by atoms with Crippen LogP contribution in [0.25, 0.3) is 0 Å². The zero-order valence-corrected chi connectivity index (χ0v) is 20.6. The third-order valence-corrected chi connectivity index (χ3v) is 5.19. The number of hydrogen-bond donors (Lipinski definition) is 3. The summed E-state index contributed by atoms with van der Waals surface area (Å²) in [5.41, 5.74) is 0.235. The maximum absolute atomic E-state index is 12.7. The highest BCUT2D eigenvalue weighted by Gasteiger charge is 2.30. The molecule has 10 heteroatoms. The molecule has 1 aliphatic heterocycles. The molecule has 2 unspecified atom stereocenters. The lowest BCUT2D eigenvalue weighted by atomic mass is 10.1. The number of rotatable bonds is 8. The second-order valence-electron chi connectivity index (χ2n) is 7.69. The number of nitrogens with zero attached hydrogens (tertiary/aromatic N) is 2. The van der Waals surface area contributed by atoms with Crippen LogP contribution in [0, 0.1) is 0 Å². The van der Waals surface area contributed by atoms with E-state index >= 15 is 0 Å². The first-order valence-corrected chi connectivity index (χ1v) is 10.4. The SMILES string of the molecule is CCC(C)NC(=O)CCNC(=NC)NC1CCN(Cc2ccc(C(F)(F)F)cc2)C1.I. The minimum atomic E-state index is -4.31. The van der Waals surface area contributed by atoms with Crippen LogP contribution >= 0.6 is 24.0 Å². The number of benzene rings is 1. The summed E-state index contributed by atoms with van der Waals surface area (Å²) in [6, 6.07) is 5.70.